The van der Waals surface area contributed by atoms with E-state index < -0.39 is 0 Å². The average molecular weight is 379 g/mol. The van der Waals surface area contributed by atoms with E-state index >= 15 is 0 Å². The van der Waals surface area contributed by atoms with Crippen LogP contribution in [0.25, 0.3) is 0 Å². The Kier molecular flexibility index (Phi) is 3.86. The van der Waals surface area contributed by atoms with Crippen molar-refractivity contribution in [3.63, 3.8) is 0 Å². The molecule has 1 aromatic carbocycles. The van der Waals surface area contributed by atoms with Crippen molar-refractivity contribution in [2.24, 2.45) is 0 Å². The largest absolute Gasteiger partial charge is 0.436 e. The molecule has 4 nitrogen and oxygen atoms in total. The summed E-state index contributed by atoms with van der Waals surface area (Å²) < 4.78 is 6.91. The first kappa shape index (κ1) is 12.6. The Morgan fingerprint density at radius 3 is 2.76 bits per heavy atom. The van der Waals surface area contributed by atoms with E-state index in [1.165, 1.54) is 6.33 Å². The highest BCUT2D eigenvalue weighted by Gasteiger charge is 2.10. The lowest BCUT2D eigenvalue weighted by Crippen LogP contribution is -1.96. The Morgan fingerprint density at radius 1 is 1.24 bits per heavy atom. The van der Waals surface area contributed by atoms with Crippen molar-refractivity contribution in [3.8, 4) is 11.6 Å². The third-order valence-corrected chi connectivity index (χ3v) is 3.44. The molecular formula is C10H6Br2ClN3O. The third kappa shape index (κ3) is 2.88. The molecule has 0 unspecified atom stereocenters. The zero-order valence-corrected chi connectivity index (χ0v) is 12.3. The van der Waals surface area contributed by atoms with Gasteiger partial charge in [0.2, 0.25) is 5.88 Å². The van der Waals surface area contributed by atoms with Crippen LogP contribution in [0.3, 0.4) is 0 Å². The number of anilines is 1. The summed E-state index contributed by atoms with van der Waals surface area (Å²) in [6.45, 7) is 0. The minimum Gasteiger partial charge on any atom is -0.436 e. The quantitative estimate of drug-likeness (QED) is 0.856. The number of halogens is 3. The van der Waals surface area contributed by atoms with Gasteiger partial charge in [-0.1, -0.05) is 27.5 Å². The minimum atomic E-state index is 0.307. The van der Waals surface area contributed by atoms with E-state index in [0.717, 1.165) is 4.47 Å². The van der Waals surface area contributed by atoms with Crippen LogP contribution in [0.4, 0.5) is 5.82 Å². The normalized spacial score (nSPS) is 10.3. The summed E-state index contributed by atoms with van der Waals surface area (Å²) >= 11 is 12.6. The number of hydrogen-bond acceptors (Lipinski definition) is 4. The van der Waals surface area contributed by atoms with Crippen molar-refractivity contribution in [3.05, 3.63) is 38.5 Å². The van der Waals surface area contributed by atoms with Gasteiger partial charge in [0.15, 0.2) is 0 Å². The molecule has 0 spiro atoms. The van der Waals surface area contributed by atoms with Gasteiger partial charge in [-0.25, -0.2) is 9.97 Å². The van der Waals surface area contributed by atoms with E-state index in [-0.39, 0.29) is 0 Å². The predicted molar refractivity (Wildman–Crippen MR) is 73.4 cm³/mol. The van der Waals surface area contributed by atoms with Crippen LogP contribution in [-0.4, -0.2) is 9.97 Å². The summed E-state index contributed by atoms with van der Waals surface area (Å²) in [5.74, 6) is 1.11. The smallest absolute Gasteiger partial charge is 0.238 e. The predicted octanol–water partition coefficient (Wildman–Crippen LogP) is 4.03. The summed E-state index contributed by atoms with van der Waals surface area (Å²) in [6, 6.07) is 5.28. The molecule has 2 N–H and O–H groups in total. The molecule has 2 aromatic rings. The van der Waals surface area contributed by atoms with Gasteiger partial charge in [0.05, 0.1) is 5.02 Å². The number of benzene rings is 1. The van der Waals surface area contributed by atoms with Gasteiger partial charge in [0.1, 0.15) is 22.4 Å². The van der Waals surface area contributed by atoms with E-state index in [0.29, 0.717) is 26.9 Å². The molecule has 1 aromatic heterocycles. The number of hydrogen-bond donors (Lipinski definition) is 1. The van der Waals surface area contributed by atoms with Crippen LogP contribution >= 0.6 is 43.5 Å². The van der Waals surface area contributed by atoms with Crippen molar-refractivity contribution in [2.45, 2.75) is 0 Å². The Morgan fingerprint density at radius 2 is 2.00 bits per heavy atom. The molecule has 0 aliphatic heterocycles. The number of ether oxygens (including phenoxy) is 1. The summed E-state index contributed by atoms with van der Waals surface area (Å²) in [5, 5.41) is 0.484. The SMILES string of the molecule is Nc1ncnc(Oc2cc(Br)ccc2Cl)c1Br. The van der Waals surface area contributed by atoms with Crippen molar-refractivity contribution < 1.29 is 4.74 Å². The molecule has 0 aliphatic carbocycles. The minimum absolute atomic E-state index is 0.307. The van der Waals surface area contributed by atoms with E-state index in [1.807, 2.05) is 6.07 Å². The zero-order chi connectivity index (χ0) is 12.4. The maximum absolute atomic E-state index is 6.00. The molecule has 7 heteroatoms. The van der Waals surface area contributed by atoms with Crippen LogP contribution in [0.2, 0.25) is 5.02 Å². The van der Waals surface area contributed by atoms with Gasteiger partial charge in [0, 0.05) is 4.47 Å². The first-order valence-corrected chi connectivity index (χ1v) is 6.43. The number of rotatable bonds is 2. The fraction of sp³-hybridized carbons (Fsp3) is 0. The van der Waals surface area contributed by atoms with E-state index in [9.17, 15) is 0 Å². The molecule has 88 valence electrons. The molecule has 0 aliphatic rings. The maximum atomic E-state index is 6.00. The van der Waals surface area contributed by atoms with Gasteiger partial charge in [-0.05, 0) is 34.1 Å². The highest BCUT2D eigenvalue weighted by molar-refractivity contribution is 9.11. The second kappa shape index (κ2) is 5.20. The summed E-state index contributed by atoms with van der Waals surface area (Å²) in [7, 11) is 0. The molecule has 17 heavy (non-hydrogen) atoms. The van der Waals surface area contributed by atoms with Crippen molar-refractivity contribution in [1.29, 1.82) is 0 Å². The van der Waals surface area contributed by atoms with Gasteiger partial charge in [-0.3, -0.25) is 0 Å². The average Bonchev–Trinajstić information content (AvgIpc) is 2.30. The van der Waals surface area contributed by atoms with E-state index in [2.05, 4.69) is 41.8 Å². The maximum Gasteiger partial charge on any atom is 0.238 e. The van der Waals surface area contributed by atoms with Crippen LogP contribution in [-0.2, 0) is 0 Å². The summed E-state index contributed by atoms with van der Waals surface area (Å²) in [4.78, 5) is 7.79. The molecule has 0 amide bonds. The van der Waals surface area contributed by atoms with Gasteiger partial charge >= 0.3 is 0 Å². The van der Waals surface area contributed by atoms with Gasteiger partial charge in [0.25, 0.3) is 0 Å². The van der Waals surface area contributed by atoms with E-state index in [1.54, 1.807) is 12.1 Å². The van der Waals surface area contributed by atoms with Crippen LogP contribution < -0.4 is 10.5 Å². The van der Waals surface area contributed by atoms with Crippen LogP contribution in [0.5, 0.6) is 11.6 Å². The second-order valence-electron chi connectivity index (χ2n) is 3.05. The van der Waals surface area contributed by atoms with Crippen LogP contribution in [0, 0.1) is 0 Å². The first-order chi connectivity index (χ1) is 8.08. The number of nitrogens with zero attached hydrogens (tertiary/aromatic N) is 2. The second-order valence-corrected chi connectivity index (χ2v) is 5.17. The lowest BCUT2D eigenvalue weighted by molar-refractivity contribution is 0.458. The molecule has 0 bridgehead atoms. The highest BCUT2D eigenvalue weighted by atomic mass is 79.9. The number of nitrogens with two attached hydrogens (primary N) is 1. The molecule has 1 heterocycles. The van der Waals surface area contributed by atoms with Gasteiger partial charge in [-0.15, -0.1) is 0 Å². The monoisotopic (exact) mass is 377 g/mol. The van der Waals surface area contributed by atoms with Gasteiger partial charge < -0.3 is 10.5 Å². The van der Waals surface area contributed by atoms with Crippen molar-refractivity contribution in [2.75, 3.05) is 5.73 Å². The Bertz CT molecular complexity index is 565. The molecule has 0 fully saturated rings. The lowest BCUT2D eigenvalue weighted by Gasteiger charge is -2.08. The Labute approximate surface area is 119 Å². The van der Waals surface area contributed by atoms with Crippen LogP contribution in [0.1, 0.15) is 0 Å². The highest BCUT2D eigenvalue weighted by Crippen LogP contribution is 2.35. The first-order valence-electron chi connectivity index (χ1n) is 4.47. The summed E-state index contributed by atoms with van der Waals surface area (Å²) in [5.41, 5.74) is 5.62. The number of nitrogen functional groups attached to an aromatic ring is 1. The Balaban J connectivity index is 2.38. The molecule has 0 atom stereocenters. The molecule has 2 rings (SSSR count). The fourth-order valence-corrected chi connectivity index (χ4v) is 1.88. The van der Waals surface area contributed by atoms with E-state index in [4.69, 9.17) is 22.1 Å². The Hall–Kier alpha value is -0.850. The van der Waals surface area contributed by atoms with Crippen molar-refractivity contribution in [1.82, 2.24) is 9.97 Å². The summed E-state index contributed by atoms with van der Waals surface area (Å²) in [6.07, 6.45) is 1.32. The van der Waals surface area contributed by atoms with Crippen molar-refractivity contribution >= 4 is 49.3 Å². The van der Waals surface area contributed by atoms with Crippen LogP contribution in [0.15, 0.2) is 33.5 Å². The topological polar surface area (TPSA) is 61.0 Å². The molecular weight excluding hydrogens is 373 g/mol. The molecule has 0 radical (unpaired) electrons. The van der Waals surface area contributed by atoms with Gasteiger partial charge in [-0.2, -0.15) is 0 Å². The standard InChI is InChI=1S/C10H6Br2ClN3O/c11-5-1-2-6(13)7(3-5)17-10-8(12)9(14)15-4-16-10/h1-4H,(H2,14,15,16). The lowest BCUT2D eigenvalue weighted by atomic mass is 10.3. The zero-order valence-electron chi connectivity index (χ0n) is 8.32. The molecule has 0 saturated carbocycles. The molecule has 0 saturated heterocycles. The number of aromatic nitrogens is 2. The fourth-order valence-electron chi connectivity index (χ4n) is 1.10. The third-order valence-electron chi connectivity index (χ3n) is 1.88.